The number of rotatable bonds is 21. The molecule has 0 aliphatic heterocycles. The van der Waals surface area contributed by atoms with Crippen LogP contribution < -0.4 is 61.6 Å². The molecule has 8 aromatic carbocycles. The van der Waals surface area contributed by atoms with E-state index in [1.165, 1.54) is 42.0 Å². The number of benzene rings is 8. The number of urea groups is 3. The van der Waals surface area contributed by atoms with Crippen molar-refractivity contribution in [2.24, 2.45) is 0 Å². The van der Waals surface area contributed by atoms with Crippen molar-refractivity contribution < 1.29 is 35.9 Å². The van der Waals surface area contributed by atoms with E-state index in [0.717, 1.165) is 39.1 Å². The molecule has 2 unspecified atom stereocenters. The van der Waals surface area contributed by atoms with Crippen molar-refractivity contribution in [1.82, 2.24) is 21.6 Å². The molecule has 2 atom stereocenters. The van der Waals surface area contributed by atoms with Crippen LogP contribution in [-0.2, 0) is 33.7 Å². The molecule has 23 nitrogen and oxygen atoms in total. The number of carbonyl (C=O) groups is 3. The maximum absolute atomic E-state index is 12.9. The summed E-state index contributed by atoms with van der Waals surface area (Å²) >= 11 is 2.49. The Kier molecular flexibility index (Phi) is 27.3. The number of nitrogens with zero attached hydrogens (tertiary/aromatic N) is 6. The van der Waals surface area contributed by atoms with Gasteiger partial charge in [0.15, 0.2) is 34.1 Å². The predicted molar refractivity (Wildman–Crippen MR) is 374 cm³/mol. The Labute approximate surface area is 561 Å². The fourth-order valence-corrected chi connectivity index (χ4v) is 10.7. The Morgan fingerprint density at radius 1 is 0.453 bits per heavy atom. The molecule has 0 saturated carbocycles. The van der Waals surface area contributed by atoms with Crippen molar-refractivity contribution in [2.75, 3.05) is 40.1 Å². The lowest BCUT2D eigenvalue weighted by Crippen LogP contribution is -2.40. The van der Waals surface area contributed by atoms with Crippen LogP contribution in [0, 0.1) is 87.9 Å². The van der Waals surface area contributed by atoms with E-state index in [1.54, 1.807) is 48.5 Å². The Morgan fingerprint density at radius 2 is 0.863 bits per heavy atom. The fraction of sp³-hybridized carbons (Fsp3) is 0.174. The summed E-state index contributed by atoms with van der Waals surface area (Å²) in [5.41, 5.74) is 26.8. The first-order valence-electron chi connectivity index (χ1n) is 28.6. The van der Waals surface area contributed by atoms with Gasteiger partial charge in [0.1, 0.15) is 17.2 Å². The number of hydrazine groups is 3. The van der Waals surface area contributed by atoms with Gasteiger partial charge in [-0.1, -0.05) is 113 Å². The van der Waals surface area contributed by atoms with Gasteiger partial charge in [-0.2, -0.15) is 0 Å². The van der Waals surface area contributed by atoms with Gasteiger partial charge in [-0.3, -0.25) is 61.6 Å². The highest BCUT2D eigenvalue weighted by Crippen LogP contribution is 2.38. The second-order valence-electron chi connectivity index (χ2n) is 20.7. The summed E-state index contributed by atoms with van der Waals surface area (Å²) in [4.78, 5) is 56.5. The molecule has 0 fully saturated rings. The normalized spacial score (nSPS) is 10.6. The zero-order chi connectivity index (χ0) is 69.0. The minimum absolute atomic E-state index is 0.0584. The zero-order valence-corrected chi connectivity index (χ0v) is 54.9. The number of anilines is 5. The van der Waals surface area contributed by atoms with Gasteiger partial charge in [0.25, 0.3) is 0 Å². The first kappa shape index (κ1) is 72.0. The smallest absolute Gasteiger partial charge is 0.337 e. The highest BCUT2D eigenvalue weighted by atomic mass is 35.5. The van der Waals surface area contributed by atoms with E-state index in [4.69, 9.17) is 64.1 Å². The summed E-state index contributed by atoms with van der Waals surface area (Å²) in [5, 5.41) is 8.30. The van der Waals surface area contributed by atoms with Gasteiger partial charge in [-0.05, 0) is 149 Å². The highest BCUT2D eigenvalue weighted by molar-refractivity contribution is 7.80. The SMILES string of the molecule is [C-]#[N+]c1cc(CS(=O)Oc2c(C)cc(C)cc2C)c(NNC(=O)Nc2ccc(C)cc2)cc1[N+]#[C-].[C-]#[N+]c1cc(CS(=O)Oc2ccccc2)c(NNC(=O)NCCCOc2ccc(C)cc2C)cc1[N+]#[C-].[C-]#[N+]c1cc(Cl)c(NNC(=O)Nc2ccc(C)cc2)cc1[N+]#[C-]. The van der Waals surface area contributed by atoms with Crippen LogP contribution in [0.3, 0.4) is 0 Å². The topological polar surface area (TPSA) is 247 Å². The van der Waals surface area contributed by atoms with Crippen molar-refractivity contribution in [2.45, 2.75) is 66.4 Å². The molecule has 0 radical (unpaired) electrons. The van der Waals surface area contributed by atoms with Gasteiger partial charge in [-0.15, -0.1) is 0 Å². The number of hydrogen-bond donors (Lipinski definition) is 9. The quantitative estimate of drug-likeness (QED) is 0.0186. The minimum atomic E-state index is -1.78. The standard InChI is InChI=1S/C27H27N5O4S.C26H25N5O3S.C16H12ClN5O/c1-19-11-12-26(20(2)15-19)35-14-8-13-30-27(33)32-31-23-17-25(29-4)24(28-3)16-21(23)18-37(34)36-22-9-6-5-7-10-22;1-16-7-9-21(10-8-16)29-26(32)31-30-22-14-24(28-6)23(27-5)13-20(22)15-35(33)34-25-18(3)11-17(2)12-19(25)4;1-10-4-6-11(7-5-10)20-16(23)22-21-13-9-15(19-3)14(18-2)8-12(13)17/h5-7,9-12,15-17,31H,8,13-14,18H2,1-2H3,(H2,30,32,33);7-14,30H,15H2,1-4H3,(H2,29,31,32);4-9,21H,1H3,(H2,20,22,23). The van der Waals surface area contributed by atoms with Crippen molar-refractivity contribution in [3.05, 3.63) is 269 Å². The summed E-state index contributed by atoms with van der Waals surface area (Å²) in [6.07, 6.45) is 0.601. The van der Waals surface area contributed by atoms with Crippen LogP contribution in [0.4, 0.5) is 76.9 Å². The van der Waals surface area contributed by atoms with Gasteiger partial charge in [0.05, 0.1) is 68.3 Å². The van der Waals surface area contributed by atoms with Crippen LogP contribution in [0.5, 0.6) is 17.2 Å². The molecular weight excluding hydrogens is 1270 g/mol. The molecule has 0 heterocycles. The van der Waals surface area contributed by atoms with E-state index in [-0.39, 0.29) is 50.7 Å². The Morgan fingerprint density at radius 3 is 1.34 bits per heavy atom. The van der Waals surface area contributed by atoms with Gasteiger partial charge >= 0.3 is 18.1 Å². The molecule has 482 valence electrons. The lowest BCUT2D eigenvalue weighted by Gasteiger charge is -2.16. The molecule has 95 heavy (non-hydrogen) atoms. The van der Waals surface area contributed by atoms with Gasteiger partial charge in [-0.25, -0.2) is 22.8 Å². The third kappa shape index (κ3) is 22.7. The summed E-state index contributed by atoms with van der Waals surface area (Å²) in [5.74, 6) is 1.69. The number of amides is 6. The average Bonchev–Trinajstić information content (AvgIpc) is 0.880. The van der Waals surface area contributed by atoms with Crippen LogP contribution in [0.1, 0.15) is 56.5 Å². The lowest BCUT2D eigenvalue weighted by molar-refractivity contribution is 0.241. The number of hydrogen-bond acceptors (Lipinski definition) is 11. The first-order valence-corrected chi connectivity index (χ1v) is 31.5. The van der Waals surface area contributed by atoms with Crippen LogP contribution in [-0.4, -0.2) is 39.7 Å². The van der Waals surface area contributed by atoms with E-state index < -0.39 is 40.3 Å². The molecule has 6 amide bonds. The summed E-state index contributed by atoms with van der Waals surface area (Å²) in [6, 6.07) is 40.3. The van der Waals surface area contributed by atoms with E-state index >= 15 is 0 Å². The van der Waals surface area contributed by atoms with Crippen LogP contribution in [0.2, 0.25) is 5.02 Å². The number of halogens is 1. The number of nitrogens with one attached hydrogen (secondary N) is 9. The molecule has 8 rings (SSSR count). The third-order valence-corrected chi connectivity index (χ3v) is 15.3. The summed E-state index contributed by atoms with van der Waals surface area (Å²) < 4.78 is 42.4. The monoisotopic (exact) mass is 1330 g/mol. The molecule has 8 aromatic rings. The molecule has 9 N–H and O–H groups in total. The Hall–Kier alpha value is -12.1. The van der Waals surface area contributed by atoms with E-state index in [9.17, 15) is 22.8 Å². The number of carbonyl (C=O) groups excluding carboxylic acids is 3. The minimum Gasteiger partial charge on any atom is -0.493 e. The molecule has 0 aliphatic rings. The summed E-state index contributed by atoms with van der Waals surface area (Å²) in [6.45, 7) is 57.9. The maximum Gasteiger partial charge on any atom is 0.337 e. The van der Waals surface area contributed by atoms with E-state index in [1.807, 2.05) is 103 Å². The fourth-order valence-electron chi connectivity index (χ4n) is 8.62. The van der Waals surface area contributed by atoms with Crippen molar-refractivity contribution in [1.29, 1.82) is 0 Å². The molecule has 26 heteroatoms. The third-order valence-electron chi connectivity index (χ3n) is 13.2. The number of aryl methyl sites for hydroxylation is 7. The van der Waals surface area contributed by atoms with Gasteiger partial charge in [0.2, 0.25) is 22.2 Å². The summed E-state index contributed by atoms with van der Waals surface area (Å²) in [7, 11) is 0. The van der Waals surface area contributed by atoms with Crippen molar-refractivity contribution in [3.8, 4) is 17.2 Å². The number of para-hydroxylation sites is 1. The lowest BCUT2D eigenvalue weighted by atomic mass is 10.1. The van der Waals surface area contributed by atoms with E-state index in [0.29, 0.717) is 70.6 Å². The molecule has 0 bridgehead atoms. The average molecular weight is 1330 g/mol. The van der Waals surface area contributed by atoms with Gasteiger partial charge < -0.3 is 29.1 Å². The van der Waals surface area contributed by atoms with Crippen molar-refractivity contribution in [3.63, 3.8) is 0 Å². The van der Waals surface area contributed by atoms with Gasteiger partial charge in [0, 0.05) is 29.3 Å². The van der Waals surface area contributed by atoms with Crippen molar-refractivity contribution >= 4 is 114 Å². The predicted octanol–water partition coefficient (Wildman–Crippen LogP) is 17.1. The molecule has 0 spiro atoms. The second-order valence-corrected chi connectivity index (χ2v) is 23.2. The second kappa shape index (κ2) is 36.1. The Bertz CT molecular complexity index is 4400. The highest BCUT2D eigenvalue weighted by Gasteiger charge is 2.19. The largest absolute Gasteiger partial charge is 0.493 e. The number of ether oxygens (including phenoxy) is 1. The maximum atomic E-state index is 12.9. The molecule has 0 aromatic heterocycles. The zero-order valence-electron chi connectivity index (χ0n) is 52.5. The molecule has 0 saturated heterocycles. The molecular formula is C69H64ClN15O8S2. The first-order chi connectivity index (χ1) is 45.6. The van der Waals surface area contributed by atoms with E-state index in [2.05, 4.69) is 83.6 Å². The van der Waals surface area contributed by atoms with Crippen LogP contribution in [0.25, 0.3) is 29.1 Å². The molecule has 0 aliphatic carbocycles. The van der Waals surface area contributed by atoms with Crippen LogP contribution in [0.15, 0.2) is 146 Å². The van der Waals surface area contributed by atoms with Crippen LogP contribution >= 0.6 is 11.6 Å². The Balaban J connectivity index is 0.000000232.